The number of ether oxygens (including phenoxy) is 1. The third-order valence-electron chi connectivity index (χ3n) is 4.07. The van der Waals surface area contributed by atoms with Crippen LogP contribution >= 0.6 is 11.6 Å². The maximum absolute atomic E-state index is 11.7. The van der Waals surface area contributed by atoms with Crippen molar-refractivity contribution in [1.82, 2.24) is 5.32 Å². The van der Waals surface area contributed by atoms with Gasteiger partial charge in [-0.05, 0) is 25.1 Å². The number of nitrogens with one attached hydrogen (secondary N) is 1. The van der Waals surface area contributed by atoms with Crippen LogP contribution < -0.4 is 5.32 Å². The Hall–Kier alpha value is -0.593. The zero-order valence-corrected chi connectivity index (χ0v) is 14.7. The van der Waals surface area contributed by atoms with Crippen molar-refractivity contribution in [2.24, 2.45) is 5.92 Å². The topological polar surface area (TPSA) is 64.6 Å². The lowest BCUT2D eigenvalue weighted by Crippen LogP contribution is -2.65. The van der Waals surface area contributed by atoms with Crippen LogP contribution in [0.1, 0.15) is 27.7 Å². The van der Waals surface area contributed by atoms with Crippen LogP contribution in [0.25, 0.3) is 0 Å². The second kappa shape index (κ2) is 6.03. The van der Waals surface area contributed by atoms with E-state index in [1.54, 1.807) is 0 Å². The summed E-state index contributed by atoms with van der Waals surface area (Å²) in [5.41, 5.74) is 0. The van der Waals surface area contributed by atoms with Crippen LogP contribution in [-0.2, 0) is 18.8 Å². The van der Waals surface area contributed by atoms with Gasteiger partial charge in [-0.3, -0.25) is 9.59 Å². The summed E-state index contributed by atoms with van der Waals surface area (Å²) in [6, 6.07) is 0. The first kappa shape index (κ1) is 17.5. The van der Waals surface area contributed by atoms with Crippen LogP contribution in [0.4, 0.5) is 0 Å². The molecule has 1 saturated heterocycles. The van der Waals surface area contributed by atoms with Gasteiger partial charge in [0.1, 0.15) is 11.8 Å². The Labute approximate surface area is 126 Å². The first-order valence-corrected chi connectivity index (χ1v) is 10.2. The highest BCUT2D eigenvalue weighted by atomic mass is 35.5. The SMILES string of the molecule is C[C@@H](O[Si](C)(C)C(C)(C)C)[C@H]1C(=O)N[C@@H]1OC(=O)CCl. The summed E-state index contributed by atoms with van der Waals surface area (Å²) < 4.78 is 11.2. The minimum atomic E-state index is -1.97. The quantitative estimate of drug-likeness (QED) is 0.365. The van der Waals surface area contributed by atoms with Crippen molar-refractivity contribution < 1.29 is 18.8 Å². The molecule has 7 heteroatoms. The molecular formula is C13H24ClNO4Si. The van der Waals surface area contributed by atoms with E-state index < -0.39 is 26.4 Å². The second-order valence-electron chi connectivity index (χ2n) is 6.66. The first-order chi connectivity index (χ1) is 8.99. The Morgan fingerprint density at radius 2 is 2.00 bits per heavy atom. The maximum Gasteiger partial charge on any atom is 0.322 e. The normalized spacial score (nSPS) is 24.6. The Kier molecular flexibility index (Phi) is 5.27. The van der Waals surface area contributed by atoms with Crippen LogP contribution in [0.15, 0.2) is 0 Å². The molecule has 0 bridgehead atoms. The van der Waals surface area contributed by atoms with Gasteiger partial charge in [0.25, 0.3) is 0 Å². The summed E-state index contributed by atoms with van der Waals surface area (Å²) in [6.07, 6.45) is -0.925. The van der Waals surface area contributed by atoms with Crippen molar-refractivity contribution in [3.63, 3.8) is 0 Å². The van der Waals surface area contributed by atoms with Gasteiger partial charge < -0.3 is 14.5 Å². The molecule has 1 aliphatic rings. The summed E-state index contributed by atoms with van der Waals surface area (Å²) >= 11 is 5.40. The summed E-state index contributed by atoms with van der Waals surface area (Å²) in [6.45, 7) is 12.5. The van der Waals surface area contributed by atoms with Gasteiger partial charge in [-0.25, -0.2) is 0 Å². The maximum atomic E-state index is 11.7. The van der Waals surface area contributed by atoms with Gasteiger partial charge in [0.15, 0.2) is 14.5 Å². The molecule has 0 aliphatic carbocycles. The average molecular weight is 322 g/mol. The molecule has 0 radical (unpaired) electrons. The first-order valence-electron chi connectivity index (χ1n) is 6.73. The standard InChI is InChI=1S/C13H24ClNO4Si/c1-8(19-20(5,6)13(2,3)4)10-11(17)15-12(10)18-9(16)7-14/h8,10,12H,7H2,1-6H3,(H,15,17)/t8-,10+,12-/m1/s1. The van der Waals surface area contributed by atoms with Gasteiger partial charge >= 0.3 is 5.97 Å². The lowest BCUT2D eigenvalue weighted by Gasteiger charge is -2.44. The van der Waals surface area contributed by atoms with Crippen molar-refractivity contribution in [1.29, 1.82) is 0 Å². The fraction of sp³-hybridized carbons (Fsp3) is 0.846. The number of amides is 1. The van der Waals surface area contributed by atoms with Crippen LogP contribution in [-0.4, -0.2) is 38.4 Å². The summed E-state index contributed by atoms with van der Waals surface area (Å²) in [5, 5.41) is 2.62. The zero-order chi connectivity index (χ0) is 15.7. The zero-order valence-electron chi connectivity index (χ0n) is 13.0. The Morgan fingerprint density at radius 1 is 1.45 bits per heavy atom. The van der Waals surface area contributed by atoms with E-state index in [2.05, 4.69) is 39.2 Å². The number of carbonyl (C=O) groups is 2. The van der Waals surface area contributed by atoms with E-state index in [0.717, 1.165) is 0 Å². The van der Waals surface area contributed by atoms with E-state index >= 15 is 0 Å². The molecule has 0 aromatic carbocycles. The Morgan fingerprint density at radius 3 is 2.40 bits per heavy atom. The highest BCUT2D eigenvalue weighted by Gasteiger charge is 2.49. The predicted molar refractivity (Wildman–Crippen MR) is 80.0 cm³/mol. The summed E-state index contributed by atoms with van der Waals surface area (Å²) in [7, 11) is -1.97. The largest absolute Gasteiger partial charge is 0.440 e. The molecule has 0 aromatic rings. The summed E-state index contributed by atoms with van der Waals surface area (Å²) in [4.78, 5) is 22.9. The van der Waals surface area contributed by atoms with E-state index in [9.17, 15) is 9.59 Å². The van der Waals surface area contributed by atoms with Gasteiger partial charge in [-0.2, -0.15) is 0 Å². The van der Waals surface area contributed by atoms with Crippen molar-refractivity contribution in [2.75, 3.05) is 5.88 Å². The molecule has 5 nitrogen and oxygen atoms in total. The lowest BCUT2D eigenvalue weighted by atomic mass is 9.93. The Balaban J connectivity index is 2.68. The van der Waals surface area contributed by atoms with Gasteiger partial charge in [-0.1, -0.05) is 20.8 Å². The van der Waals surface area contributed by atoms with Crippen molar-refractivity contribution in [3.05, 3.63) is 0 Å². The van der Waals surface area contributed by atoms with Gasteiger partial charge in [0.2, 0.25) is 5.91 Å². The highest BCUT2D eigenvalue weighted by molar-refractivity contribution is 6.74. The lowest BCUT2D eigenvalue weighted by molar-refractivity contribution is -0.172. The van der Waals surface area contributed by atoms with Crippen LogP contribution in [0.2, 0.25) is 18.1 Å². The van der Waals surface area contributed by atoms with E-state index in [-0.39, 0.29) is 22.9 Å². The molecule has 1 amide bonds. The predicted octanol–water partition coefficient (Wildman–Crippen LogP) is 2.25. The monoisotopic (exact) mass is 321 g/mol. The number of esters is 1. The minimum absolute atomic E-state index is 0.0593. The minimum Gasteiger partial charge on any atom is -0.440 e. The molecule has 1 N–H and O–H groups in total. The molecule has 1 heterocycles. The van der Waals surface area contributed by atoms with Gasteiger partial charge in [0, 0.05) is 0 Å². The number of hydrogen-bond donors (Lipinski definition) is 1. The number of carbonyl (C=O) groups excluding carboxylic acids is 2. The van der Waals surface area contributed by atoms with Crippen molar-refractivity contribution in [2.45, 2.75) is 58.2 Å². The molecule has 116 valence electrons. The number of hydrogen-bond acceptors (Lipinski definition) is 4. The summed E-state index contributed by atoms with van der Waals surface area (Å²) in [5.74, 6) is -1.38. The molecule has 1 rings (SSSR count). The van der Waals surface area contributed by atoms with E-state index in [1.165, 1.54) is 0 Å². The fourth-order valence-corrected chi connectivity index (χ4v) is 3.31. The number of rotatable bonds is 5. The van der Waals surface area contributed by atoms with E-state index in [1.807, 2.05) is 6.92 Å². The third-order valence-corrected chi connectivity index (χ3v) is 8.87. The smallest absolute Gasteiger partial charge is 0.322 e. The third kappa shape index (κ3) is 3.74. The highest BCUT2D eigenvalue weighted by Crippen LogP contribution is 2.39. The molecular weight excluding hydrogens is 298 g/mol. The van der Waals surface area contributed by atoms with E-state index in [0.29, 0.717) is 0 Å². The molecule has 20 heavy (non-hydrogen) atoms. The molecule has 0 spiro atoms. The van der Waals surface area contributed by atoms with E-state index in [4.69, 9.17) is 20.8 Å². The molecule has 0 saturated carbocycles. The number of β-lactam (4-membered cyclic amide) rings is 1. The average Bonchev–Trinajstić information content (AvgIpc) is 2.25. The van der Waals surface area contributed by atoms with Gasteiger partial charge in [-0.15, -0.1) is 11.6 Å². The number of halogens is 1. The van der Waals surface area contributed by atoms with Crippen LogP contribution in [0, 0.1) is 5.92 Å². The van der Waals surface area contributed by atoms with Crippen LogP contribution in [0.3, 0.4) is 0 Å². The van der Waals surface area contributed by atoms with Gasteiger partial charge in [0.05, 0.1) is 6.10 Å². The van der Waals surface area contributed by atoms with Crippen molar-refractivity contribution in [3.8, 4) is 0 Å². The molecule has 1 fully saturated rings. The molecule has 1 aliphatic heterocycles. The van der Waals surface area contributed by atoms with Crippen LogP contribution in [0.5, 0.6) is 0 Å². The van der Waals surface area contributed by atoms with Crippen molar-refractivity contribution >= 4 is 31.8 Å². The molecule has 3 atom stereocenters. The fourth-order valence-electron chi connectivity index (χ4n) is 1.82. The number of alkyl halides is 1. The molecule has 0 aromatic heterocycles. The second-order valence-corrected chi connectivity index (χ2v) is 11.7. The molecule has 0 unspecified atom stereocenters. The Bertz CT molecular complexity index is 394.